The van der Waals surface area contributed by atoms with Gasteiger partial charge in [-0.25, -0.2) is 4.98 Å². The lowest BCUT2D eigenvalue weighted by Crippen LogP contribution is -2.36. The fourth-order valence-electron chi connectivity index (χ4n) is 3.15. The van der Waals surface area contributed by atoms with Crippen LogP contribution in [0, 0.1) is 0 Å². The number of nitrogens with one attached hydrogen (secondary N) is 2. The van der Waals surface area contributed by atoms with Gasteiger partial charge in [-0.15, -0.1) is 0 Å². The third kappa shape index (κ3) is 3.11. The van der Waals surface area contributed by atoms with Crippen molar-refractivity contribution in [1.82, 2.24) is 14.5 Å². The van der Waals surface area contributed by atoms with Crippen LogP contribution in [0.3, 0.4) is 0 Å². The highest BCUT2D eigenvalue weighted by Gasteiger charge is 2.13. The first-order valence-electron chi connectivity index (χ1n) is 8.98. The second-order valence-corrected chi connectivity index (χ2v) is 7.39. The topological polar surface area (TPSA) is 96.8 Å². The van der Waals surface area contributed by atoms with Crippen molar-refractivity contribution < 1.29 is 4.79 Å². The number of aryl methyl sites for hydroxylation is 2. The van der Waals surface area contributed by atoms with Gasteiger partial charge in [0.2, 0.25) is 0 Å². The van der Waals surface area contributed by atoms with E-state index in [1.807, 2.05) is 12.1 Å². The van der Waals surface area contributed by atoms with E-state index in [0.717, 1.165) is 16.6 Å². The van der Waals surface area contributed by atoms with Gasteiger partial charge in [0.05, 0.1) is 21.3 Å². The second kappa shape index (κ2) is 7.05. The van der Waals surface area contributed by atoms with Gasteiger partial charge < -0.3 is 9.55 Å². The zero-order valence-electron chi connectivity index (χ0n) is 15.4. The van der Waals surface area contributed by atoms with Crippen molar-refractivity contribution in [2.24, 2.45) is 0 Å². The van der Waals surface area contributed by atoms with Gasteiger partial charge in [-0.1, -0.05) is 24.3 Å². The summed E-state index contributed by atoms with van der Waals surface area (Å²) in [6.07, 6.45) is 0.938. The Balaban J connectivity index is 1.68. The monoisotopic (exact) mass is 394 g/mol. The molecule has 4 aromatic rings. The number of benzene rings is 2. The lowest BCUT2D eigenvalue weighted by Gasteiger charge is -2.08. The lowest BCUT2D eigenvalue weighted by atomic mass is 10.1. The van der Waals surface area contributed by atoms with Crippen molar-refractivity contribution in [3.8, 4) is 0 Å². The number of anilines is 1. The number of nitrogens with zero attached hydrogens (tertiary/aromatic N) is 2. The van der Waals surface area contributed by atoms with Crippen LogP contribution >= 0.6 is 11.3 Å². The third-order valence-electron chi connectivity index (χ3n) is 4.63. The standard InChI is InChI=1S/C20H18N4O3S/c1-3-11-5-7-13-16(9-11)28-20(22-13)23-17(25)12-6-8-15-14(10-12)21-18(26)19(27)24(15)4-2/h5-10H,3-4H2,1-2H3,(H,21,26)(H,22,23,25). The summed E-state index contributed by atoms with van der Waals surface area (Å²) in [6, 6.07) is 10.9. The Bertz CT molecular complexity index is 1330. The van der Waals surface area contributed by atoms with Crippen LogP contribution in [-0.2, 0) is 13.0 Å². The van der Waals surface area contributed by atoms with Gasteiger partial charge in [-0.05, 0) is 49.2 Å². The molecule has 0 aliphatic carbocycles. The summed E-state index contributed by atoms with van der Waals surface area (Å²) in [6.45, 7) is 4.25. The van der Waals surface area contributed by atoms with Gasteiger partial charge in [0.15, 0.2) is 5.13 Å². The Labute approximate surface area is 163 Å². The van der Waals surface area contributed by atoms with E-state index in [-0.39, 0.29) is 5.91 Å². The Kier molecular flexibility index (Phi) is 4.56. The molecule has 0 unspecified atom stereocenters. The summed E-state index contributed by atoms with van der Waals surface area (Å²) < 4.78 is 2.40. The van der Waals surface area contributed by atoms with Crippen LogP contribution in [-0.4, -0.2) is 20.4 Å². The molecule has 0 aliphatic rings. The number of fused-ring (bicyclic) bond motifs is 2. The van der Waals surface area contributed by atoms with E-state index in [1.165, 1.54) is 21.5 Å². The molecule has 2 heterocycles. The minimum atomic E-state index is -0.704. The van der Waals surface area contributed by atoms with Crippen molar-refractivity contribution in [2.45, 2.75) is 26.8 Å². The van der Waals surface area contributed by atoms with E-state index >= 15 is 0 Å². The number of rotatable bonds is 4. The number of amides is 1. The molecule has 2 aromatic heterocycles. The lowest BCUT2D eigenvalue weighted by molar-refractivity contribution is 0.102. The van der Waals surface area contributed by atoms with E-state index in [2.05, 4.69) is 28.3 Å². The number of aromatic amines is 1. The summed E-state index contributed by atoms with van der Waals surface area (Å²) >= 11 is 1.42. The first-order chi connectivity index (χ1) is 13.5. The smallest absolute Gasteiger partial charge is 0.316 e. The maximum Gasteiger partial charge on any atom is 0.316 e. The number of H-pyrrole nitrogens is 1. The zero-order chi connectivity index (χ0) is 19.8. The first-order valence-corrected chi connectivity index (χ1v) is 9.79. The SMILES string of the molecule is CCc1ccc2nc(NC(=O)c3ccc4c(c3)[nH]c(=O)c(=O)n4CC)sc2c1. The minimum Gasteiger partial charge on any atom is -0.316 e. The van der Waals surface area contributed by atoms with Gasteiger partial charge in [0.25, 0.3) is 5.91 Å². The number of hydrogen-bond donors (Lipinski definition) is 2. The molecule has 8 heteroatoms. The largest absolute Gasteiger partial charge is 0.316 e. The van der Waals surface area contributed by atoms with Crippen molar-refractivity contribution in [1.29, 1.82) is 0 Å². The highest BCUT2D eigenvalue weighted by atomic mass is 32.1. The minimum absolute atomic E-state index is 0.327. The normalized spacial score (nSPS) is 11.2. The summed E-state index contributed by atoms with van der Waals surface area (Å²) in [5.74, 6) is -0.327. The summed E-state index contributed by atoms with van der Waals surface area (Å²) in [5, 5.41) is 3.33. The third-order valence-corrected chi connectivity index (χ3v) is 5.57. The van der Waals surface area contributed by atoms with Crippen LogP contribution in [0.4, 0.5) is 5.13 Å². The molecule has 0 fully saturated rings. The van der Waals surface area contributed by atoms with Gasteiger partial charge in [-0.2, -0.15) is 0 Å². The molecular weight excluding hydrogens is 376 g/mol. The van der Waals surface area contributed by atoms with Gasteiger partial charge in [-0.3, -0.25) is 19.7 Å². The number of thiazole rings is 1. The average Bonchev–Trinajstić information content (AvgIpc) is 3.09. The van der Waals surface area contributed by atoms with E-state index in [1.54, 1.807) is 25.1 Å². The highest BCUT2D eigenvalue weighted by molar-refractivity contribution is 7.22. The Hall–Kier alpha value is -3.26. The highest BCUT2D eigenvalue weighted by Crippen LogP contribution is 2.27. The van der Waals surface area contributed by atoms with E-state index in [4.69, 9.17) is 0 Å². The van der Waals surface area contributed by atoms with Crippen LogP contribution < -0.4 is 16.4 Å². The molecule has 1 amide bonds. The van der Waals surface area contributed by atoms with Crippen molar-refractivity contribution >= 4 is 43.6 Å². The molecule has 0 spiro atoms. The maximum absolute atomic E-state index is 12.7. The van der Waals surface area contributed by atoms with Crippen molar-refractivity contribution in [3.05, 3.63) is 68.2 Å². The molecular formula is C20H18N4O3S. The number of aromatic nitrogens is 3. The Morgan fingerprint density at radius 3 is 2.75 bits per heavy atom. The van der Waals surface area contributed by atoms with E-state index < -0.39 is 11.1 Å². The molecule has 2 N–H and O–H groups in total. The molecule has 0 atom stereocenters. The van der Waals surface area contributed by atoms with Crippen LogP contribution in [0.1, 0.15) is 29.8 Å². The average molecular weight is 394 g/mol. The molecule has 0 saturated carbocycles. The fraction of sp³-hybridized carbons (Fsp3) is 0.200. The summed E-state index contributed by atoms with van der Waals surface area (Å²) in [5.41, 5.74) is 2.14. The van der Waals surface area contributed by atoms with Crippen LogP contribution in [0.15, 0.2) is 46.0 Å². The van der Waals surface area contributed by atoms with Gasteiger partial charge >= 0.3 is 11.1 Å². The van der Waals surface area contributed by atoms with Crippen molar-refractivity contribution in [2.75, 3.05) is 5.32 Å². The zero-order valence-corrected chi connectivity index (χ0v) is 16.2. The summed E-state index contributed by atoms with van der Waals surface area (Å²) in [4.78, 5) is 43.4. The molecule has 0 bridgehead atoms. The number of carbonyl (C=O) groups excluding carboxylic acids is 1. The van der Waals surface area contributed by atoms with Gasteiger partial charge in [0, 0.05) is 12.1 Å². The maximum atomic E-state index is 12.7. The molecule has 28 heavy (non-hydrogen) atoms. The second-order valence-electron chi connectivity index (χ2n) is 6.36. The molecule has 0 aliphatic heterocycles. The Morgan fingerprint density at radius 1 is 1.18 bits per heavy atom. The molecule has 0 saturated heterocycles. The van der Waals surface area contributed by atoms with E-state index in [0.29, 0.717) is 28.3 Å². The van der Waals surface area contributed by atoms with Crippen LogP contribution in [0.2, 0.25) is 0 Å². The molecule has 0 radical (unpaired) electrons. The van der Waals surface area contributed by atoms with E-state index in [9.17, 15) is 14.4 Å². The quantitative estimate of drug-likeness (QED) is 0.520. The predicted molar refractivity (Wildman–Crippen MR) is 111 cm³/mol. The molecule has 7 nitrogen and oxygen atoms in total. The number of carbonyl (C=O) groups is 1. The predicted octanol–water partition coefficient (Wildman–Crippen LogP) is 3.13. The van der Waals surface area contributed by atoms with Crippen LogP contribution in [0.25, 0.3) is 21.3 Å². The molecule has 142 valence electrons. The fourth-order valence-corrected chi connectivity index (χ4v) is 4.07. The molecule has 4 rings (SSSR count). The number of hydrogen-bond acceptors (Lipinski definition) is 5. The van der Waals surface area contributed by atoms with Crippen LogP contribution in [0.5, 0.6) is 0 Å². The van der Waals surface area contributed by atoms with Crippen molar-refractivity contribution in [3.63, 3.8) is 0 Å². The molecule has 2 aromatic carbocycles. The summed E-state index contributed by atoms with van der Waals surface area (Å²) in [7, 11) is 0. The van der Waals surface area contributed by atoms with Gasteiger partial charge in [0.1, 0.15) is 0 Å². The first kappa shape index (κ1) is 18.1. The Morgan fingerprint density at radius 2 is 2.00 bits per heavy atom.